The number of methoxy groups -OCH3 is 2. The van der Waals surface area contributed by atoms with Crippen molar-refractivity contribution in [1.82, 2.24) is 0 Å². The van der Waals surface area contributed by atoms with E-state index in [9.17, 15) is 4.79 Å². The van der Waals surface area contributed by atoms with E-state index in [2.05, 4.69) is 10.8 Å². The topological polar surface area (TPSA) is 61.5 Å². The lowest BCUT2D eigenvalue weighted by Crippen LogP contribution is -2.27. The number of benzene rings is 1. The first-order chi connectivity index (χ1) is 8.47. The smallest absolute Gasteiger partial charge is 0.307 e. The molecule has 0 aliphatic heterocycles. The summed E-state index contributed by atoms with van der Waals surface area (Å²) in [4.78, 5) is 11.2. The van der Waals surface area contributed by atoms with Gasteiger partial charge < -0.3 is 15.2 Å². The molecule has 1 unspecified atom stereocenters. The molecule has 0 aliphatic carbocycles. The predicted molar refractivity (Wildman–Crippen MR) is 70.8 cm³/mol. The Hall–Kier alpha value is -1.55. The summed E-state index contributed by atoms with van der Waals surface area (Å²) in [6, 6.07) is 3.85. The molecular weight excluding hydrogens is 230 g/mol. The zero-order valence-corrected chi connectivity index (χ0v) is 11.4. The highest BCUT2D eigenvalue weighted by Crippen LogP contribution is 2.26. The van der Waals surface area contributed by atoms with Crippen molar-refractivity contribution in [2.75, 3.05) is 14.2 Å². The largest absolute Gasteiger partial charge is 0.496 e. The molecule has 0 heterocycles. The molecule has 1 rings (SSSR count). The predicted octanol–water partition coefficient (Wildman–Crippen LogP) is 1.74. The van der Waals surface area contributed by atoms with Gasteiger partial charge in [-0.2, -0.15) is 0 Å². The zero-order chi connectivity index (χ0) is 13.7. The summed E-state index contributed by atoms with van der Waals surface area (Å²) in [5.41, 5.74) is 9.23. The van der Waals surface area contributed by atoms with Crippen LogP contribution in [-0.2, 0) is 16.0 Å². The number of carbonyl (C=O) groups excluding carboxylic acids is 1. The fourth-order valence-electron chi connectivity index (χ4n) is 2.14. The molecule has 18 heavy (non-hydrogen) atoms. The van der Waals surface area contributed by atoms with Gasteiger partial charge in [-0.1, -0.05) is 17.7 Å². The van der Waals surface area contributed by atoms with Crippen LogP contribution in [0.3, 0.4) is 0 Å². The number of hydrogen-bond donors (Lipinski definition) is 1. The Morgan fingerprint density at radius 1 is 1.33 bits per heavy atom. The number of ether oxygens (including phenoxy) is 2. The van der Waals surface area contributed by atoms with E-state index in [1.54, 1.807) is 7.11 Å². The molecule has 2 N–H and O–H groups in total. The van der Waals surface area contributed by atoms with Gasteiger partial charge in [-0.15, -0.1) is 0 Å². The van der Waals surface area contributed by atoms with Crippen LogP contribution in [0.5, 0.6) is 5.75 Å². The zero-order valence-electron chi connectivity index (χ0n) is 11.4. The Bertz CT molecular complexity index is 429. The summed E-state index contributed by atoms with van der Waals surface area (Å²) in [5, 5.41) is 0. The average Bonchev–Trinajstić information content (AvgIpc) is 2.28. The molecule has 1 aromatic rings. The first-order valence-electron chi connectivity index (χ1n) is 5.94. The van der Waals surface area contributed by atoms with Crippen molar-refractivity contribution in [2.24, 2.45) is 5.73 Å². The van der Waals surface area contributed by atoms with Crippen molar-refractivity contribution >= 4 is 5.97 Å². The summed E-state index contributed by atoms with van der Waals surface area (Å²) < 4.78 is 10.0. The van der Waals surface area contributed by atoms with Crippen molar-refractivity contribution in [3.8, 4) is 5.75 Å². The second-order valence-corrected chi connectivity index (χ2v) is 4.52. The molecule has 0 spiro atoms. The van der Waals surface area contributed by atoms with Crippen molar-refractivity contribution in [3.63, 3.8) is 0 Å². The second kappa shape index (κ2) is 6.40. The lowest BCUT2D eigenvalue weighted by atomic mass is 9.98. The quantitative estimate of drug-likeness (QED) is 0.810. The molecule has 0 fully saturated rings. The number of nitrogens with two attached hydrogens (primary N) is 1. The minimum atomic E-state index is -0.286. The van der Waals surface area contributed by atoms with Crippen molar-refractivity contribution in [1.29, 1.82) is 0 Å². The maximum absolute atomic E-state index is 11.2. The first kappa shape index (κ1) is 14.5. The van der Waals surface area contributed by atoms with E-state index >= 15 is 0 Å². The van der Waals surface area contributed by atoms with Crippen LogP contribution in [0.1, 0.15) is 23.1 Å². The Balaban J connectivity index is 2.86. The summed E-state index contributed by atoms with van der Waals surface area (Å²) in [5.74, 6) is 0.562. The van der Waals surface area contributed by atoms with Gasteiger partial charge >= 0.3 is 5.97 Å². The maximum atomic E-state index is 11.2. The van der Waals surface area contributed by atoms with Gasteiger partial charge in [0, 0.05) is 6.04 Å². The minimum absolute atomic E-state index is 0.215. The van der Waals surface area contributed by atoms with Gasteiger partial charge in [0.05, 0.1) is 20.6 Å². The number of aryl methyl sites for hydroxylation is 2. The van der Waals surface area contributed by atoms with Crippen LogP contribution in [-0.4, -0.2) is 26.2 Å². The van der Waals surface area contributed by atoms with Gasteiger partial charge in [0.15, 0.2) is 0 Å². The monoisotopic (exact) mass is 251 g/mol. The third-order valence-corrected chi connectivity index (χ3v) is 2.84. The van der Waals surface area contributed by atoms with Gasteiger partial charge in [0.25, 0.3) is 0 Å². The minimum Gasteiger partial charge on any atom is -0.496 e. The van der Waals surface area contributed by atoms with Crippen LogP contribution in [0, 0.1) is 13.8 Å². The van der Waals surface area contributed by atoms with E-state index in [0.717, 1.165) is 22.4 Å². The van der Waals surface area contributed by atoms with E-state index in [1.807, 2.05) is 19.9 Å². The van der Waals surface area contributed by atoms with Crippen molar-refractivity contribution in [3.05, 3.63) is 28.8 Å². The Labute approximate surface area is 108 Å². The van der Waals surface area contributed by atoms with Gasteiger partial charge in [-0.3, -0.25) is 4.79 Å². The first-order valence-corrected chi connectivity index (χ1v) is 5.94. The highest BCUT2D eigenvalue weighted by Gasteiger charge is 2.14. The summed E-state index contributed by atoms with van der Waals surface area (Å²) in [6.07, 6.45) is 0.813. The van der Waals surface area contributed by atoms with Crippen molar-refractivity contribution in [2.45, 2.75) is 32.7 Å². The van der Waals surface area contributed by atoms with Crippen LogP contribution in [0.25, 0.3) is 0 Å². The van der Waals surface area contributed by atoms with Gasteiger partial charge in [0.2, 0.25) is 0 Å². The molecular formula is C14H21NO3. The summed E-state index contributed by atoms with van der Waals surface area (Å²) in [6.45, 7) is 4.03. The third-order valence-electron chi connectivity index (χ3n) is 2.84. The third kappa shape index (κ3) is 3.74. The van der Waals surface area contributed by atoms with E-state index < -0.39 is 0 Å². The van der Waals surface area contributed by atoms with Crippen LogP contribution >= 0.6 is 0 Å². The van der Waals surface area contributed by atoms with E-state index in [1.165, 1.54) is 7.11 Å². The SMILES string of the molecule is COC(=O)CC(N)Cc1cc(C)cc(C)c1OC. The van der Waals surface area contributed by atoms with Crippen molar-refractivity contribution < 1.29 is 14.3 Å². The molecule has 1 aromatic carbocycles. The molecule has 0 aromatic heterocycles. The number of hydrogen-bond acceptors (Lipinski definition) is 4. The Morgan fingerprint density at radius 2 is 2.00 bits per heavy atom. The van der Waals surface area contributed by atoms with E-state index in [4.69, 9.17) is 10.5 Å². The second-order valence-electron chi connectivity index (χ2n) is 4.52. The van der Waals surface area contributed by atoms with Crippen LogP contribution < -0.4 is 10.5 Å². The summed E-state index contributed by atoms with van der Waals surface area (Å²) in [7, 11) is 3.01. The molecule has 1 atom stereocenters. The Kier molecular flexibility index (Phi) is 5.16. The lowest BCUT2D eigenvalue weighted by molar-refractivity contribution is -0.140. The van der Waals surface area contributed by atoms with Gasteiger partial charge in [-0.25, -0.2) is 0 Å². The molecule has 0 bridgehead atoms. The molecule has 4 nitrogen and oxygen atoms in total. The molecule has 0 amide bonds. The molecule has 4 heteroatoms. The molecule has 0 aliphatic rings. The van der Waals surface area contributed by atoms with Crippen LogP contribution in [0.4, 0.5) is 0 Å². The van der Waals surface area contributed by atoms with E-state index in [-0.39, 0.29) is 18.4 Å². The highest BCUT2D eigenvalue weighted by atomic mass is 16.5. The summed E-state index contributed by atoms with van der Waals surface area (Å²) >= 11 is 0. The van der Waals surface area contributed by atoms with Crippen LogP contribution in [0.2, 0.25) is 0 Å². The fourth-order valence-corrected chi connectivity index (χ4v) is 2.14. The highest BCUT2D eigenvalue weighted by molar-refractivity contribution is 5.70. The Morgan fingerprint density at radius 3 is 2.56 bits per heavy atom. The van der Waals surface area contributed by atoms with Gasteiger partial charge in [0.1, 0.15) is 5.75 Å². The van der Waals surface area contributed by atoms with Crippen LogP contribution in [0.15, 0.2) is 12.1 Å². The average molecular weight is 251 g/mol. The normalized spacial score (nSPS) is 12.1. The number of rotatable bonds is 5. The molecule has 0 saturated heterocycles. The standard InChI is InChI=1S/C14H21NO3/c1-9-5-10(2)14(18-4)11(6-9)7-12(15)8-13(16)17-3/h5-6,12H,7-8,15H2,1-4H3. The number of esters is 1. The lowest BCUT2D eigenvalue weighted by Gasteiger charge is -2.16. The van der Waals surface area contributed by atoms with E-state index in [0.29, 0.717) is 6.42 Å². The molecule has 100 valence electrons. The molecule has 0 saturated carbocycles. The van der Waals surface area contributed by atoms with Gasteiger partial charge in [-0.05, 0) is 31.4 Å². The number of carbonyl (C=O) groups is 1. The fraction of sp³-hybridized carbons (Fsp3) is 0.500. The molecule has 0 radical (unpaired) electrons. The maximum Gasteiger partial charge on any atom is 0.307 e.